The maximum Gasteiger partial charge on any atom is 0.291 e. The molecule has 0 spiro atoms. The van der Waals surface area contributed by atoms with Gasteiger partial charge >= 0.3 is 0 Å². The molecule has 0 atom stereocenters. The van der Waals surface area contributed by atoms with Crippen molar-refractivity contribution in [3.63, 3.8) is 0 Å². The van der Waals surface area contributed by atoms with E-state index in [1.54, 1.807) is 49.6 Å². The lowest BCUT2D eigenvalue weighted by Crippen LogP contribution is -2.10. The number of fused-ring (bicyclic) bond motifs is 1. The maximum atomic E-state index is 12.7. The van der Waals surface area contributed by atoms with Gasteiger partial charge in [-0.3, -0.25) is 4.79 Å². The average molecular weight is 493 g/mol. The third-order valence-corrected chi connectivity index (χ3v) is 5.99. The molecule has 1 amide bonds. The summed E-state index contributed by atoms with van der Waals surface area (Å²) in [4.78, 5) is 14.2. The molecule has 5 aromatic rings. The number of methoxy groups -OCH3 is 1. The zero-order valence-corrected chi connectivity index (χ0v) is 19.7. The summed E-state index contributed by atoms with van der Waals surface area (Å²) in [6.07, 6.45) is 0. The summed E-state index contributed by atoms with van der Waals surface area (Å²) < 4.78 is 10.9. The summed E-state index contributed by atoms with van der Waals surface area (Å²) in [6.45, 7) is 1.93. The van der Waals surface area contributed by atoms with Crippen LogP contribution in [0.15, 0.2) is 71.1 Å². The first kappa shape index (κ1) is 22.0. The minimum absolute atomic E-state index is 0.184. The Morgan fingerprint density at radius 2 is 1.76 bits per heavy atom. The molecule has 0 aliphatic carbocycles. The van der Waals surface area contributed by atoms with Gasteiger partial charge in [-0.25, -0.2) is 0 Å². The highest BCUT2D eigenvalue weighted by molar-refractivity contribution is 6.32. The second-order valence-corrected chi connectivity index (χ2v) is 8.41. The largest absolute Gasteiger partial charge is 0.495 e. The molecule has 9 heteroatoms. The number of halogens is 2. The van der Waals surface area contributed by atoms with E-state index in [2.05, 4.69) is 15.5 Å². The number of aryl methyl sites for hydroxylation is 1. The van der Waals surface area contributed by atoms with E-state index in [1.807, 2.05) is 31.2 Å². The quantitative estimate of drug-likeness (QED) is 0.300. The normalized spacial score (nSPS) is 11.1. The molecule has 7 nitrogen and oxygen atoms in total. The van der Waals surface area contributed by atoms with Gasteiger partial charge in [0.2, 0.25) is 0 Å². The van der Waals surface area contributed by atoms with Crippen molar-refractivity contribution < 1.29 is 13.9 Å². The summed E-state index contributed by atoms with van der Waals surface area (Å²) in [5.41, 5.74) is 4.30. The Hall–Kier alpha value is -3.81. The van der Waals surface area contributed by atoms with Crippen molar-refractivity contribution in [1.29, 1.82) is 0 Å². The molecule has 0 bridgehead atoms. The fourth-order valence-corrected chi connectivity index (χ4v) is 3.87. The number of amides is 1. The van der Waals surface area contributed by atoms with Crippen LogP contribution < -0.4 is 10.1 Å². The molecule has 2 heterocycles. The molecule has 0 fully saturated rings. The number of carbonyl (C=O) groups is 1. The number of furan rings is 1. The zero-order valence-electron chi connectivity index (χ0n) is 18.2. The van der Waals surface area contributed by atoms with Crippen LogP contribution in [0, 0.1) is 6.92 Å². The van der Waals surface area contributed by atoms with E-state index >= 15 is 0 Å². The molecule has 0 saturated carbocycles. The number of hydrogen-bond donors (Lipinski definition) is 1. The SMILES string of the molecule is COc1ccc(-n2nc3ccc(NC(=O)c4ccc(-c5ccc(C)c(Cl)c5)o4)cc3n2)cc1Cl. The molecule has 1 N–H and O–H groups in total. The smallest absolute Gasteiger partial charge is 0.291 e. The van der Waals surface area contributed by atoms with Crippen LogP contribution in [0.5, 0.6) is 5.75 Å². The van der Waals surface area contributed by atoms with Gasteiger partial charge in [-0.2, -0.15) is 4.80 Å². The van der Waals surface area contributed by atoms with E-state index in [9.17, 15) is 4.79 Å². The first-order chi connectivity index (χ1) is 16.4. The second-order valence-electron chi connectivity index (χ2n) is 7.59. The minimum Gasteiger partial charge on any atom is -0.495 e. The van der Waals surface area contributed by atoms with Crippen molar-refractivity contribution in [3.8, 4) is 22.8 Å². The molecule has 0 aliphatic rings. The summed E-state index contributed by atoms with van der Waals surface area (Å²) >= 11 is 12.4. The second kappa shape index (κ2) is 8.85. The highest BCUT2D eigenvalue weighted by atomic mass is 35.5. The molecule has 5 rings (SSSR count). The van der Waals surface area contributed by atoms with Crippen LogP contribution in [-0.4, -0.2) is 28.0 Å². The number of nitrogens with one attached hydrogen (secondary N) is 1. The molecular formula is C25H18Cl2N4O3. The highest BCUT2D eigenvalue weighted by Gasteiger charge is 2.15. The topological polar surface area (TPSA) is 82.2 Å². The van der Waals surface area contributed by atoms with E-state index < -0.39 is 0 Å². The lowest BCUT2D eigenvalue weighted by Gasteiger charge is -2.04. The van der Waals surface area contributed by atoms with Crippen LogP contribution in [0.25, 0.3) is 28.0 Å². The van der Waals surface area contributed by atoms with E-state index in [1.165, 1.54) is 4.80 Å². The van der Waals surface area contributed by atoms with Gasteiger partial charge in [0.05, 0.1) is 17.8 Å². The lowest BCUT2D eigenvalue weighted by atomic mass is 10.1. The molecular weight excluding hydrogens is 475 g/mol. The molecule has 0 radical (unpaired) electrons. The van der Waals surface area contributed by atoms with Crippen LogP contribution in [0.4, 0.5) is 5.69 Å². The molecule has 170 valence electrons. The van der Waals surface area contributed by atoms with Gasteiger partial charge in [0.25, 0.3) is 5.91 Å². The minimum atomic E-state index is -0.377. The van der Waals surface area contributed by atoms with Crippen LogP contribution in [-0.2, 0) is 0 Å². The number of aromatic nitrogens is 3. The van der Waals surface area contributed by atoms with E-state index in [-0.39, 0.29) is 11.7 Å². The van der Waals surface area contributed by atoms with Gasteiger partial charge < -0.3 is 14.5 Å². The molecule has 2 aromatic heterocycles. The van der Waals surface area contributed by atoms with Crippen molar-refractivity contribution in [3.05, 3.63) is 88.1 Å². The summed E-state index contributed by atoms with van der Waals surface area (Å²) in [7, 11) is 1.55. The van der Waals surface area contributed by atoms with Crippen LogP contribution in [0.2, 0.25) is 10.0 Å². The molecule has 0 saturated heterocycles. The van der Waals surface area contributed by atoms with Crippen molar-refractivity contribution >= 4 is 45.8 Å². The van der Waals surface area contributed by atoms with Crippen molar-refractivity contribution in [2.24, 2.45) is 0 Å². The van der Waals surface area contributed by atoms with Gasteiger partial charge in [0.15, 0.2) is 5.76 Å². The predicted molar refractivity (Wildman–Crippen MR) is 132 cm³/mol. The van der Waals surface area contributed by atoms with Crippen molar-refractivity contribution in [2.75, 3.05) is 12.4 Å². The van der Waals surface area contributed by atoms with Gasteiger partial charge in [-0.05, 0) is 67.1 Å². The van der Waals surface area contributed by atoms with Gasteiger partial charge in [-0.15, -0.1) is 10.2 Å². The van der Waals surface area contributed by atoms with Crippen LogP contribution >= 0.6 is 23.2 Å². The van der Waals surface area contributed by atoms with Crippen LogP contribution in [0.1, 0.15) is 16.1 Å². The van der Waals surface area contributed by atoms with Crippen molar-refractivity contribution in [1.82, 2.24) is 15.0 Å². The predicted octanol–water partition coefficient (Wildman–Crippen LogP) is 6.56. The van der Waals surface area contributed by atoms with Gasteiger partial charge in [0.1, 0.15) is 22.5 Å². The van der Waals surface area contributed by atoms with Gasteiger partial charge in [0, 0.05) is 16.3 Å². The number of carbonyl (C=O) groups excluding carboxylic acids is 1. The van der Waals surface area contributed by atoms with E-state index in [0.717, 1.165) is 11.1 Å². The summed E-state index contributed by atoms with van der Waals surface area (Å²) in [5.74, 6) is 0.934. The Labute approximate surface area is 204 Å². The number of anilines is 1. The Kier molecular flexibility index (Phi) is 5.73. The fraction of sp³-hybridized carbons (Fsp3) is 0.0800. The molecule has 0 unspecified atom stereocenters. The number of ether oxygens (including phenoxy) is 1. The Morgan fingerprint density at radius 3 is 2.53 bits per heavy atom. The number of hydrogen-bond acceptors (Lipinski definition) is 5. The average Bonchev–Trinajstić information content (AvgIpc) is 3.48. The number of benzene rings is 3. The number of nitrogens with zero attached hydrogens (tertiary/aromatic N) is 3. The maximum absolute atomic E-state index is 12.7. The highest BCUT2D eigenvalue weighted by Crippen LogP contribution is 2.28. The zero-order chi connectivity index (χ0) is 23.8. The lowest BCUT2D eigenvalue weighted by molar-refractivity contribution is 0.0997. The monoisotopic (exact) mass is 492 g/mol. The fourth-order valence-electron chi connectivity index (χ4n) is 3.44. The Balaban J connectivity index is 1.36. The molecule has 34 heavy (non-hydrogen) atoms. The van der Waals surface area contributed by atoms with E-state index in [0.29, 0.717) is 44.0 Å². The van der Waals surface area contributed by atoms with Crippen molar-refractivity contribution in [2.45, 2.75) is 6.92 Å². The standard InChI is InChI=1S/C25H18Cl2N4O3/c1-14-3-4-15(11-18(14)26)22-9-10-24(34-22)25(32)28-16-5-7-20-21(12-16)30-31(29-20)17-6-8-23(33-2)19(27)13-17/h3-13H,1-2H3,(H,28,32). The van der Waals surface area contributed by atoms with E-state index in [4.69, 9.17) is 32.4 Å². The first-order valence-electron chi connectivity index (χ1n) is 10.3. The third kappa shape index (κ3) is 4.23. The van der Waals surface area contributed by atoms with Gasteiger partial charge in [-0.1, -0.05) is 35.3 Å². The first-order valence-corrected chi connectivity index (χ1v) is 11.1. The summed E-state index contributed by atoms with van der Waals surface area (Å²) in [5, 5.41) is 12.9. The Morgan fingerprint density at radius 1 is 0.941 bits per heavy atom. The molecule has 3 aromatic carbocycles. The molecule has 0 aliphatic heterocycles. The summed E-state index contributed by atoms with van der Waals surface area (Å²) in [6, 6.07) is 19.5. The van der Waals surface area contributed by atoms with Crippen LogP contribution in [0.3, 0.4) is 0 Å². The Bertz CT molecular complexity index is 1540. The number of rotatable bonds is 5. The third-order valence-electron chi connectivity index (χ3n) is 5.29.